The number of halogens is 4. The molecule has 0 amide bonds. The highest BCUT2D eigenvalue weighted by Crippen LogP contribution is 2.36. The van der Waals surface area contributed by atoms with E-state index in [0.717, 1.165) is 22.7 Å². The van der Waals surface area contributed by atoms with Crippen LogP contribution in [0.4, 0.5) is 13.2 Å². The molecule has 0 saturated heterocycles. The number of imidazole rings is 1. The summed E-state index contributed by atoms with van der Waals surface area (Å²) < 4.78 is 45.2. The minimum atomic E-state index is -4.50. The lowest BCUT2D eigenvalue weighted by Gasteiger charge is -2.18. The molecule has 0 aliphatic heterocycles. The monoisotopic (exact) mass is 458 g/mol. The summed E-state index contributed by atoms with van der Waals surface area (Å²) in [7, 11) is 0. The molecular formula is C25H22ClF3N2O. The first kappa shape index (κ1) is 22.2. The molecule has 1 heterocycles. The van der Waals surface area contributed by atoms with Gasteiger partial charge >= 0.3 is 6.18 Å². The van der Waals surface area contributed by atoms with Crippen molar-refractivity contribution in [1.82, 2.24) is 9.97 Å². The van der Waals surface area contributed by atoms with Crippen LogP contribution >= 0.6 is 11.6 Å². The van der Waals surface area contributed by atoms with Crippen LogP contribution in [0.15, 0.2) is 60.7 Å². The second-order valence-electron chi connectivity index (χ2n) is 8.66. The predicted octanol–water partition coefficient (Wildman–Crippen LogP) is 7.78. The molecule has 3 nitrogen and oxygen atoms in total. The van der Waals surface area contributed by atoms with Crippen LogP contribution in [-0.2, 0) is 18.2 Å². The number of rotatable bonds is 4. The van der Waals surface area contributed by atoms with Crippen LogP contribution < -0.4 is 4.74 Å². The van der Waals surface area contributed by atoms with E-state index in [1.807, 2.05) is 12.1 Å². The Hall–Kier alpha value is -2.99. The zero-order valence-electron chi connectivity index (χ0n) is 17.8. The van der Waals surface area contributed by atoms with Gasteiger partial charge < -0.3 is 9.72 Å². The quantitative estimate of drug-likeness (QED) is 0.339. The van der Waals surface area contributed by atoms with Crippen molar-refractivity contribution in [2.75, 3.05) is 0 Å². The maximum atomic E-state index is 13.2. The molecule has 4 aromatic rings. The first-order valence-corrected chi connectivity index (χ1v) is 10.5. The van der Waals surface area contributed by atoms with Crippen molar-refractivity contribution in [1.29, 1.82) is 0 Å². The van der Waals surface area contributed by atoms with Gasteiger partial charge in [0.2, 0.25) is 0 Å². The summed E-state index contributed by atoms with van der Waals surface area (Å²) in [5, 5.41) is 0.407. The Balaban J connectivity index is 1.63. The van der Waals surface area contributed by atoms with E-state index in [1.165, 1.54) is 23.8 Å². The zero-order chi connectivity index (χ0) is 23.1. The molecule has 0 saturated carbocycles. The van der Waals surface area contributed by atoms with Crippen molar-refractivity contribution in [3.63, 3.8) is 0 Å². The van der Waals surface area contributed by atoms with Gasteiger partial charge in [-0.3, -0.25) is 0 Å². The summed E-state index contributed by atoms with van der Waals surface area (Å²) in [4.78, 5) is 7.98. The number of fused-ring (bicyclic) bond motifs is 1. The fourth-order valence-corrected chi connectivity index (χ4v) is 3.60. The molecule has 3 aromatic carbocycles. The zero-order valence-corrected chi connectivity index (χ0v) is 18.6. The van der Waals surface area contributed by atoms with Crippen LogP contribution in [0.3, 0.4) is 0 Å². The van der Waals surface area contributed by atoms with Crippen molar-refractivity contribution >= 4 is 22.6 Å². The summed E-state index contributed by atoms with van der Waals surface area (Å²) in [6, 6.07) is 16.5. The summed E-state index contributed by atoms with van der Waals surface area (Å²) >= 11 is 6.30. The van der Waals surface area contributed by atoms with Gasteiger partial charge in [-0.15, -0.1) is 0 Å². The summed E-state index contributed by atoms with van der Waals surface area (Å²) in [5.74, 6) is 0.416. The summed E-state index contributed by atoms with van der Waals surface area (Å²) in [6.07, 6.45) is -4.50. The highest BCUT2D eigenvalue weighted by molar-refractivity contribution is 6.31. The molecule has 4 rings (SSSR count). The minimum Gasteiger partial charge on any atom is -0.488 e. The lowest BCUT2D eigenvalue weighted by Crippen LogP contribution is -2.10. The third kappa shape index (κ3) is 4.60. The largest absolute Gasteiger partial charge is 0.488 e. The molecule has 0 aliphatic carbocycles. The smallest absolute Gasteiger partial charge is 0.419 e. The number of hydrogen-bond acceptors (Lipinski definition) is 2. The van der Waals surface area contributed by atoms with Gasteiger partial charge in [0.15, 0.2) is 0 Å². The Morgan fingerprint density at radius 1 is 0.969 bits per heavy atom. The highest BCUT2D eigenvalue weighted by Gasteiger charge is 2.34. The van der Waals surface area contributed by atoms with Gasteiger partial charge in [-0.1, -0.05) is 50.6 Å². The fourth-order valence-electron chi connectivity index (χ4n) is 3.43. The lowest BCUT2D eigenvalue weighted by molar-refractivity contribution is -0.139. The number of nitrogens with one attached hydrogen (secondary N) is 1. The lowest BCUT2D eigenvalue weighted by atomic mass is 9.87. The van der Waals surface area contributed by atoms with Gasteiger partial charge in [0, 0.05) is 16.1 Å². The number of nitrogens with zero attached hydrogens (tertiary/aromatic N) is 1. The third-order valence-electron chi connectivity index (χ3n) is 5.24. The number of benzene rings is 3. The maximum Gasteiger partial charge on any atom is 0.419 e. The first-order chi connectivity index (χ1) is 15.0. The molecule has 7 heteroatoms. The normalized spacial score (nSPS) is 12.3. The Bertz CT molecular complexity index is 1270. The highest BCUT2D eigenvalue weighted by atomic mass is 35.5. The number of ether oxygens (including phenoxy) is 1. The Labute approximate surface area is 189 Å². The van der Waals surface area contributed by atoms with Gasteiger partial charge in [-0.25, -0.2) is 4.98 Å². The van der Waals surface area contributed by atoms with Crippen molar-refractivity contribution in [3.05, 3.63) is 82.4 Å². The van der Waals surface area contributed by atoms with E-state index >= 15 is 0 Å². The van der Waals surface area contributed by atoms with Gasteiger partial charge in [-0.2, -0.15) is 13.2 Å². The average molecular weight is 459 g/mol. The maximum absolute atomic E-state index is 13.2. The molecule has 32 heavy (non-hydrogen) atoms. The molecule has 0 radical (unpaired) electrons. The number of para-hydroxylation sites is 1. The van der Waals surface area contributed by atoms with E-state index in [9.17, 15) is 13.2 Å². The number of aromatic nitrogens is 2. The standard InChI is InChI=1S/C25H22ClF3N2O/c1-24(2,3)17-9-11-20-21(13-17)31-23(30-20)15-8-10-19(26)16(12-15)14-32-22-7-5-4-6-18(22)25(27,28)29/h4-13H,14H2,1-3H3,(H,30,31). The van der Waals surface area contributed by atoms with Gasteiger partial charge in [0.05, 0.1) is 16.6 Å². The molecule has 0 bridgehead atoms. The SMILES string of the molecule is CC(C)(C)c1ccc2nc(-c3ccc(Cl)c(COc4ccccc4C(F)(F)F)c3)[nH]c2c1. The molecule has 1 N–H and O–H groups in total. The first-order valence-electron chi connectivity index (χ1n) is 10.1. The summed E-state index contributed by atoms with van der Waals surface area (Å²) in [5.41, 5.74) is 3.46. The fraction of sp³-hybridized carbons (Fsp3) is 0.240. The van der Waals surface area contributed by atoms with E-state index < -0.39 is 11.7 Å². The topological polar surface area (TPSA) is 37.9 Å². The van der Waals surface area contributed by atoms with Crippen LogP contribution in [0.1, 0.15) is 37.5 Å². The molecule has 0 atom stereocenters. The Kier molecular flexibility index (Phi) is 5.67. The number of alkyl halides is 3. The van der Waals surface area contributed by atoms with Crippen LogP contribution in [0.5, 0.6) is 5.75 Å². The third-order valence-corrected chi connectivity index (χ3v) is 5.61. The molecule has 166 valence electrons. The number of aromatic amines is 1. The second-order valence-corrected chi connectivity index (χ2v) is 9.06. The molecule has 1 aromatic heterocycles. The van der Waals surface area contributed by atoms with E-state index in [-0.39, 0.29) is 17.8 Å². The van der Waals surface area contributed by atoms with Crippen molar-refractivity contribution in [3.8, 4) is 17.1 Å². The molecule has 0 aliphatic rings. The Morgan fingerprint density at radius 2 is 1.72 bits per heavy atom. The summed E-state index contributed by atoms with van der Waals surface area (Å²) in [6.45, 7) is 6.34. The Morgan fingerprint density at radius 3 is 2.44 bits per heavy atom. The minimum absolute atomic E-state index is 0.0109. The van der Waals surface area contributed by atoms with Crippen LogP contribution in [0, 0.1) is 0 Å². The van der Waals surface area contributed by atoms with Gasteiger partial charge in [0.25, 0.3) is 0 Å². The molecule has 0 fully saturated rings. The predicted molar refractivity (Wildman–Crippen MR) is 121 cm³/mol. The van der Waals surface area contributed by atoms with Crippen LogP contribution in [0.25, 0.3) is 22.4 Å². The molecular weight excluding hydrogens is 437 g/mol. The number of H-pyrrole nitrogens is 1. The number of hydrogen-bond donors (Lipinski definition) is 1. The average Bonchev–Trinajstić information content (AvgIpc) is 3.15. The van der Waals surface area contributed by atoms with Gasteiger partial charge in [0.1, 0.15) is 18.2 Å². The van der Waals surface area contributed by atoms with Crippen molar-refractivity contribution in [2.24, 2.45) is 0 Å². The second kappa shape index (κ2) is 8.17. The van der Waals surface area contributed by atoms with Crippen molar-refractivity contribution in [2.45, 2.75) is 39.0 Å². The van der Waals surface area contributed by atoms with Crippen LogP contribution in [0.2, 0.25) is 5.02 Å². The molecule has 0 spiro atoms. The molecule has 0 unspecified atom stereocenters. The van der Waals surface area contributed by atoms with E-state index in [0.29, 0.717) is 16.4 Å². The van der Waals surface area contributed by atoms with Crippen LogP contribution in [-0.4, -0.2) is 9.97 Å². The van der Waals surface area contributed by atoms with Gasteiger partial charge in [-0.05, 0) is 53.4 Å². The van der Waals surface area contributed by atoms with E-state index in [4.69, 9.17) is 16.3 Å². The van der Waals surface area contributed by atoms with Crippen molar-refractivity contribution < 1.29 is 17.9 Å². The van der Waals surface area contributed by atoms with E-state index in [2.05, 4.69) is 42.9 Å². The van der Waals surface area contributed by atoms with E-state index in [1.54, 1.807) is 12.1 Å².